The monoisotopic (exact) mass is 468 g/mol. The number of rotatable bonds is 7. The highest BCUT2D eigenvalue weighted by molar-refractivity contribution is 7.89. The molecule has 3 aromatic rings. The van der Waals surface area contributed by atoms with Gasteiger partial charge in [0.2, 0.25) is 10.0 Å². The molecule has 2 amide bonds. The first kappa shape index (κ1) is 23.9. The SMILES string of the molecule is CCN(CC)S(=O)(=O)c1cccc(C(=O)NNC(=O)c2ccc(-c3ccccc3)[nH]c2=O)c1. The number of aromatic nitrogens is 1. The molecule has 0 aliphatic rings. The van der Waals surface area contributed by atoms with Crippen LogP contribution in [0.15, 0.2) is 76.4 Å². The van der Waals surface area contributed by atoms with Crippen molar-refractivity contribution < 1.29 is 18.0 Å². The number of nitrogens with one attached hydrogen (secondary N) is 3. The van der Waals surface area contributed by atoms with Crippen LogP contribution in [0.25, 0.3) is 11.3 Å². The predicted molar refractivity (Wildman–Crippen MR) is 124 cm³/mol. The average Bonchev–Trinajstić information content (AvgIpc) is 2.83. The number of carbonyl (C=O) groups excluding carboxylic acids is 2. The Morgan fingerprint density at radius 1 is 0.879 bits per heavy atom. The largest absolute Gasteiger partial charge is 0.321 e. The molecular weight excluding hydrogens is 444 g/mol. The van der Waals surface area contributed by atoms with E-state index in [9.17, 15) is 22.8 Å². The first-order chi connectivity index (χ1) is 15.8. The van der Waals surface area contributed by atoms with Crippen LogP contribution < -0.4 is 16.4 Å². The van der Waals surface area contributed by atoms with Crippen LogP contribution in [0.2, 0.25) is 0 Å². The van der Waals surface area contributed by atoms with E-state index in [4.69, 9.17) is 0 Å². The summed E-state index contributed by atoms with van der Waals surface area (Å²) in [5, 5.41) is 0. The van der Waals surface area contributed by atoms with Crippen molar-refractivity contribution in [3.05, 3.63) is 88.2 Å². The maximum Gasteiger partial charge on any atom is 0.275 e. The Labute approximate surface area is 191 Å². The van der Waals surface area contributed by atoms with Gasteiger partial charge in [-0.3, -0.25) is 25.2 Å². The fraction of sp³-hybridized carbons (Fsp3) is 0.174. The van der Waals surface area contributed by atoms with E-state index in [1.54, 1.807) is 19.9 Å². The number of amides is 2. The first-order valence-electron chi connectivity index (χ1n) is 10.3. The summed E-state index contributed by atoms with van der Waals surface area (Å²) in [6.07, 6.45) is 0. The van der Waals surface area contributed by atoms with Crippen molar-refractivity contribution >= 4 is 21.8 Å². The fourth-order valence-electron chi connectivity index (χ4n) is 3.20. The fourth-order valence-corrected chi connectivity index (χ4v) is 4.71. The van der Waals surface area contributed by atoms with E-state index in [1.807, 2.05) is 30.3 Å². The minimum atomic E-state index is -3.74. The highest BCUT2D eigenvalue weighted by atomic mass is 32.2. The molecule has 10 heteroatoms. The lowest BCUT2D eigenvalue weighted by Crippen LogP contribution is -2.43. The van der Waals surface area contributed by atoms with Gasteiger partial charge in [0, 0.05) is 24.3 Å². The molecule has 0 saturated heterocycles. The molecule has 1 aromatic heterocycles. The highest BCUT2D eigenvalue weighted by Crippen LogP contribution is 2.17. The van der Waals surface area contributed by atoms with E-state index in [1.165, 1.54) is 34.6 Å². The van der Waals surface area contributed by atoms with Crippen LogP contribution in [-0.4, -0.2) is 42.6 Å². The zero-order valence-corrected chi connectivity index (χ0v) is 19.0. The van der Waals surface area contributed by atoms with Gasteiger partial charge in [-0.1, -0.05) is 50.2 Å². The number of H-pyrrole nitrogens is 1. The molecule has 0 spiro atoms. The summed E-state index contributed by atoms with van der Waals surface area (Å²) >= 11 is 0. The molecule has 1 heterocycles. The number of benzene rings is 2. The minimum absolute atomic E-state index is 0.0295. The van der Waals surface area contributed by atoms with Gasteiger partial charge < -0.3 is 4.98 Å². The molecule has 0 saturated carbocycles. The molecule has 0 aliphatic heterocycles. The topological polar surface area (TPSA) is 128 Å². The molecule has 2 aromatic carbocycles. The van der Waals surface area contributed by atoms with E-state index >= 15 is 0 Å². The van der Waals surface area contributed by atoms with Gasteiger partial charge in [-0.15, -0.1) is 0 Å². The lowest BCUT2D eigenvalue weighted by atomic mass is 10.1. The van der Waals surface area contributed by atoms with Crippen molar-refractivity contribution in [3.8, 4) is 11.3 Å². The van der Waals surface area contributed by atoms with Gasteiger partial charge in [-0.05, 0) is 35.9 Å². The molecule has 3 N–H and O–H groups in total. The molecule has 0 atom stereocenters. The quantitative estimate of drug-likeness (QED) is 0.458. The Morgan fingerprint density at radius 2 is 1.55 bits per heavy atom. The van der Waals surface area contributed by atoms with Crippen molar-refractivity contribution in [3.63, 3.8) is 0 Å². The molecule has 172 valence electrons. The zero-order valence-electron chi connectivity index (χ0n) is 18.2. The molecule has 0 bridgehead atoms. The third-order valence-electron chi connectivity index (χ3n) is 4.97. The van der Waals surface area contributed by atoms with Crippen LogP contribution >= 0.6 is 0 Å². The van der Waals surface area contributed by atoms with Gasteiger partial charge in [-0.25, -0.2) is 8.42 Å². The van der Waals surface area contributed by atoms with Crippen LogP contribution in [0, 0.1) is 0 Å². The van der Waals surface area contributed by atoms with Gasteiger partial charge in [0.15, 0.2) is 0 Å². The van der Waals surface area contributed by atoms with E-state index in [0.717, 1.165) is 5.56 Å². The van der Waals surface area contributed by atoms with Crippen molar-refractivity contribution in [2.45, 2.75) is 18.7 Å². The third-order valence-corrected chi connectivity index (χ3v) is 7.01. The molecular formula is C23H24N4O5S. The molecule has 0 radical (unpaired) electrons. The van der Waals surface area contributed by atoms with Gasteiger partial charge >= 0.3 is 0 Å². The standard InChI is InChI=1S/C23H24N4O5S/c1-3-27(4-2)33(31,32)18-12-8-11-17(15-18)21(28)25-26-23(30)19-13-14-20(24-22(19)29)16-9-6-5-7-10-16/h5-15H,3-4H2,1-2H3,(H,24,29)(H,25,28)(H,26,30). The van der Waals surface area contributed by atoms with E-state index in [2.05, 4.69) is 15.8 Å². The van der Waals surface area contributed by atoms with Crippen molar-refractivity contribution in [1.82, 2.24) is 20.1 Å². The molecule has 3 rings (SSSR count). The Morgan fingerprint density at radius 3 is 2.18 bits per heavy atom. The second kappa shape index (κ2) is 10.2. The molecule has 0 fully saturated rings. The van der Waals surface area contributed by atoms with Gasteiger partial charge in [0.25, 0.3) is 17.4 Å². The van der Waals surface area contributed by atoms with Gasteiger partial charge in [-0.2, -0.15) is 4.31 Å². The minimum Gasteiger partial charge on any atom is -0.321 e. The molecule has 0 unspecified atom stereocenters. The second-order valence-electron chi connectivity index (χ2n) is 7.01. The first-order valence-corrected chi connectivity index (χ1v) is 11.7. The number of hydrogen-bond acceptors (Lipinski definition) is 5. The lowest BCUT2D eigenvalue weighted by Gasteiger charge is -2.18. The number of aromatic amines is 1. The maximum absolute atomic E-state index is 12.7. The van der Waals surface area contributed by atoms with Crippen LogP contribution in [-0.2, 0) is 10.0 Å². The summed E-state index contributed by atoms with van der Waals surface area (Å²) in [5.74, 6) is -1.53. The number of sulfonamides is 1. The number of hydrogen-bond donors (Lipinski definition) is 3. The molecule has 0 aliphatic carbocycles. The van der Waals surface area contributed by atoms with Crippen LogP contribution in [0.3, 0.4) is 0 Å². The Hall–Kier alpha value is -3.76. The number of carbonyl (C=O) groups is 2. The summed E-state index contributed by atoms with van der Waals surface area (Å²) in [4.78, 5) is 39.8. The number of nitrogens with zero attached hydrogens (tertiary/aromatic N) is 1. The Balaban J connectivity index is 1.71. The number of pyridine rings is 1. The Kier molecular flexibility index (Phi) is 7.41. The zero-order chi connectivity index (χ0) is 24.0. The van der Waals surface area contributed by atoms with E-state index < -0.39 is 27.4 Å². The average molecular weight is 469 g/mol. The maximum atomic E-state index is 12.7. The second-order valence-corrected chi connectivity index (χ2v) is 8.94. The third kappa shape index (κ3) is 5.36. The van der Waals surface area contributed by atoms with E-state index in [0.29, 0.717) is 18.8 Å². The lowest BCUT2D eigenvalue weighted by molar-refractivity contribution is 0.0845. The Bertz CT molecular complexity index is 1320. The van der Waals surface area contributed by atoms with Gasteiger partial charge in [0.1, 0.15) is 5.56 Å². The summed E-state index contributed by atoms with van der Waals surface area (Å²) < 4.78 is 26.6. The smallest absolute Gasteiger partial charge is 0.275 e. The highest BCUT2D eigenvalue weighted by Gasteiger charge is 2.22. The summed E-state index contributed by atoms with van der Waals surface area (Å²) in [7, 11) is -3.74. The van der Waals surface area contributed by atoms with Crippen molar-refractivity contribution in [2.24, 2.45) is 0 Å². The number of hydrazine groups is 1. The van der Waals surface area contributed by atoms with Crippen molar-refractivity contribution in [2.75, 3.05) is 13.1 Å². The predicted octanol–water partition coefficient (Wildman–Crippen LogP) is 2.15. The van der Waals surface area contributed by atoms with E-state index in [-0.39, 0.29) is 16.0 Å². The summed E-state index contributed by atoms with van der Waals surface area (Å²) in [5.41, 5.74) is 4.96. The van der Waals surface area contributed by atoms with Crippen molar-refractivity contribution in [1.29, 1.82) is 0 Å². The normalized spacial score (nSPS) is 11.2. The summed E-state index contributed by atoms with van der Waals surface area (Å²) in [6.45, 7) is 4.04. The van der Waals surface area contributed by atoms with Crippen LogP contribution in [0.4, 0.5) is 0 Å². The van der Waals surface area contributed by atoms with Crippen LogP contribution in [0.1, 0.15) is 34.6 Å². The molecule has 9 nitrogen and oxygen atoms in total. The van der Waals surface area contributed by atoms with Crippen LogP contribution in [0.5, 0.6) is 0 Å². The summed E-state index contributed by atoms with van der Waals surface area (Å²) in [6, 6.07) is 17.6. The van der Waals surface area contributed by atoms with Gasteiger partial charge in [0.05, 0.1) is 4.90 Å². The molecule has 33 heavy (non-hydrogen) atoms.